The molecule has 1 atom stereocenters. The Hall–Kier alpha value is -2.09. The molecule has 8 heteroatoms. The second-order valence-corrected chi connectivity index (χ2v) is 8.07. The molecule has 2 aromatic heterocycles. The summed E-state index contributed by atoms with van der Waals surface area (Å²) in [6, 6.07) is 4.12. The second kappa shape index (κ2) is 7.14. The van der Waals surface area contributed by atoms with E-state index >= 15 is 0 Å². The van der Waals surface area contributed by atoms with Crippen molar-refractivity contribution in [2.75, 3.05) is 24.5 Å². The number of piperidine rings is 1. The fourth-order valence-corrected chi connectivity index (χ4v) is 4.74. The molecule has 0 saturated carbocycles. The van der Waals surface area contributed by atoms with Crippen LogP contribution in [0.1, 0.15) is 28.8 Å². The van der Waals surface area contributed by atoms with Crippen LogP contribution in [0.4, 0.5) is 19.0 Å². The summed E-state index contributed by atoms with van der Waals surface area (Å²) in [6.07, 6.45) is -0.793. The smallest absolute Gasteiger partial charge is 0.356 e. The number of aromatic nitrogens is 1. The molecule has 1 saturated heterocycles. The molecule has 0 radical (unpaired) electrons. The molecule has 4 nitrogen and oxygen atoms in total. The highest BCUT2D eigenvalue weighted by molar-refractivity contribution is 7.10. The van der Waals surface area contributed by atoms with E-state index in [1.165, 1.54) is 16.6 Å². The Morgan fingerprint density at radius 1 is 1.26 bits per heavy atom. The van der Waals surface area contributed by atoms with Crippen molar-refractivity contribution in [3.8, 4) is 0 Å². The number of amides is 1. The number of carbonyl (C=O) groups excluding carboxylic acids is 1. The third-order valence-electron chi connectivity index (χ3n) is 5.29. The standard InChI is InChI=1S/C19H20F3N3OS/c20-19(21,22)15-3-6-23-17(10-15)24-7-1-2-14(12-24)18(26)25-8-4-16-13(11-25)5-9-27-16/h3,5-6,9-10,14H,1-2,4,7-8,11-12H2. The van der Waals surface area contributed by atoms with Crippen molar-refractivity contribution in [3.63, 3.8) is 0 Å². The molecular weight excluding hydrogens is 375 g/mol. The number of hydrogen-bond donors (Lipinski definition) is 0. The molecule has 2 aromatic rings. The van der Waals surface area contributed by atoms with Crippen LogP contribution in [0.15, 0.2) is 29.8 Å². The van der Waals surface area contributed by atoms with E-state index in [9.17, 15) is 18.0 Å². The predicted octanol–water partition coefficient (Wildman–Crippen LogP) is 3.96. The molecule has 1 unspecified atom stereocenters. The molecular formula is C19H20F3N3OS. The number of rotatable bonds is 2. The third kappa shape index (κ3) is 3.81. The van der Waals surface area contributed by atoms with Crippen LogP contribution in [0.2, 0.25) is 0 Å². The number of pyridine rings is 1. The van der Waals surface area contributed by atoms with Gasteiger partial charge in [-0.3, -0.25) is 4.79 Å². The minimum Gasteiger partial charge on any atom is -0.356 e. The topological polar surface area (TPSA) is 36.4 Å². The van der Waals surface area contributed by atoms with Crippen LogP contribution in [-0.2, 0) is 23.9 Å². The zero-order valence-corrected chi connectivity index (χ0v) is 15.5. The summed E-state index contributed by atoms with van der Waals surface area (Å²) >= 11 is 1.73. The highest BCUT2D eigenvalue weighted by Crippen LogP contribution is 2.32. The molecule has 27 heavy (non-hydrogen) atoms. The first-order chi connectivity index (χ1) is 12.9. The lowest BCUT2D eigenvalue weighted by Crippen LogP contribution is -2.46. The Kier molecular flexibility index (Phi) is 4.84. The molecule has 2 aliphatic rings. The number of anilines is 1. The van der Waals surface area contributed by atoms with E-state index < -0.39 is 11.7 Å². The van der Waals surface area contributed by atoms with Crippen molar-refractivity contribution in [1.29, 1.82) is 0 Å². The monoisotopic (exact) mass is 395 g/mol. The van der Waals surface area contributed by atoms with E-state index in [0.717, 1.165) is 31.4 Å². The number of fused-ring (bicyclic) bond motifs is 1. The van der Waals surface area contributed by atoms with Gasteiger partial charge in [-0.1, -0.05) is 0 Å². The minimum atomic E-state index is -4.39. The fourth-order valence-electron chi connectivity index (χ4n) is 3.85. The van der Waals surface area contributed by atoms with E-state index in [1.807, 2.05) is 4.90 Å². The molecule has 0 N–H and O–H groups in total. The molecule has 2 aliphatic heterocycles. The molecule has 0 spiro atoms. The predicted molar refractivity (Wildman–Crippen MR) is 97.6 cm³/mol. The van der Waals surface area contributed by atoms with Gasteiger partial charge in [0.1, 0.15) is 5.82 Å². The fraction of sp³-hybridized carbons (Fsp3) is 0.474. The quantitative estimate of drug-likeness (QED) is 0.772. The van der Waals surface area contributed by atoms with E-state index in [1.54, 1.807) is 16.2 Å². The van der Waals surface area contributed by atoms with Crippen LogP contribution in [0.3, 0.4) is 0 Å². The first-order valence-electron chi connectivity index (χ1n) is 9.04. The van der Waals surface area contributed by atoms with Crippen LogP contribution in [0, 0.1) is 5.92 Å². The van der Waals surface area contributed by atoms with E-state index in [2.05, 4.69) is 16.4 Å². The van der Waals surface area contributed by atoms with Gasteiger partial charge in [-0.2, -0.15) is 13.2 Å². The molecule has 1 amide bonds. The number of carbonyl (C=O) groups is 1. The zero-order valence-electron chi connectivity index (χ0n) is 14.7. The first kappa shape index (κ1) is 18.3. The van der Waals surface area contributed by atoms with Gasteiger partial charge in [0, 0.05) is 37.3 Å². The van der Waals surface area contributed by atoms with E-state index in [0.29, 0.717) is 32.0 Å². The number of halogens is 3. The van der Waals surface area contributed by atoms with Crippen molar-refractivity contribution >= 4 is 23.1 Å². The number of thiophene rings is 1. The van der Waals surface area contributed by atoms with Gasteiger partial charge in [-0.25, -0.2) is 4.98 Å². The molecule has 4 rings (SSSR count). The van der Waals surface area contributed by atoms with Crippen molar-refractivity contribution < 1.29 is 18.0 Å². The summed E-state index contributed by atoms with van der Waals surface area (Å²) in [5.74, 6) is 0.194. The van der Waals surface area contributed by atoms with Crippen LogP contribution in [0.25, 0.3) is 0 Å². The van der Waals surface area contributed by atoms with E-state index in [-0.39, 0.29) is 11.8 Å². The maximum absolute atomic E-state index is 13.0. The zero-order chi connectivity index (χ0) is 19.0. The molecule has 0 bridgehead atoms. The SMILES string of the molecule is O=C(C1CCCN(c2cc(C(F)(F)F)ccn2)C1)N1CCc2sccc2C1. The van der Waals surface area contributed by atoms with Gasteiger partial charge in [-0.05, 0) is 48.4 Å². The maximum Gasteiger partial charge on any atom is 0.416 e. The Labute approximate surface area is 159 Å². The number of hydrogen-bond acceptors (Lipinski definition) is 4. The Balaban J connectivity index is 1.46. The number of nitrogens with zero attached hydrogens (tertiary/aromatic N) is 3. The van der Waals surface area contributed by atoms with Gasteiger partial charge in [0.25, 0.3) is 0 Å². The molecule has 0 aliphatic carbocycles. The Bertz CT molecular complexity index is 836. The van der Waals surface area contributed by atoms with Crippen LogP contribution < -0.4 is 4.90 Å². The van der Waals surface area contributed by atoms with E-state index in [4.69, 9.17) is 0 Å². The van der Waals surface area contributed by atoms with Crippen molar-refractivity contribution in [2.45, 2.75) is 32.0 Å². The van der Waals surface area contributed by atoms with Gasteiger partial charge in [0.15, 0.2) is 0 Å². The normalized spacial score (nSPS) is 20.5. The third-order valence-corrected chi connectivity index (χ3v) is 6.31. The Morgan fingerprint density at radius 2 is 2.11 bits per heavy atom. The largest absolute Gasteiger partial charge is 0.416 e. The summed E-state index contributed by atoms with van der Waals surface area (Å²) in [7, 11) is 0. The lowest BCUT2D eigenvalue weighted by molar-refractivity contribution is -0.138. The highest BCUT2D eigenvalue weighted by Gasteiger charge is 2.34. The summed E-state index contributed by atoms with van der Waals surface area (Å²) in [5, 5.41) is 2.06. The Morgan fingerprint density at radius 3 is 2.93 bits per heavy atom. The second-order valence-electron chi connectivity index (χ2n) is 7.06. The molecule has 4 heterocycles. The maximum atomic E-state index is 13.0. The van der Waals surface area contributed by atoms with Gasteiger partial charge in [0.05, 0.1) is 11.5 Å². The average molecular weight is 395 g/mol. The van der Waals surface area contributed by atoms with Crippen molar-refractivity contribution in [1.82, 2.24) is 9.88 Å². The number of alkyl halides is 3. The lowest BCUT2D eigenvalue weighted by atomic mass is 9.95. The minimum absolute atomic E-state index is 0.100. The van der Waals surface area contributed by atoms with Crippen LogP contribution >= 0.6 is 11.3 Å². The van der Waals surface area contributed by atoms with Gasteiger partial charge in [0.2, 0.25) is 5.91 Å². The van der Waals surface area contributed by atoms with Crippen LogP contribution in [-0.4, -0.2) is 35.4 Å². The average Bonchev–Trinajstić information content (AvgIpc) is 3.15. The first-order valence-corrected chi connectivity index (χ1v) is 9.92. The summed E-state index contributed by atoms with van der Waals surface area (Å²) < 4.78 is 38.9. The van der Waals surface area contributed by atoms with Crippen LogP contribution in [0.5, 0.6) is 0 Å². The lowest BCUT2D eigenvalue weighted by Gasteiger charge is -2.36. The summed E-state index contributed by atoms with van der Waals surface area (Å²) in [4.78, 5) is 22.1. The van der Waals surface area contributed by atoms with Crippen molar-refractivity contribution in [2.24, 2.45) is 5.92 Å². The summed E-state index contributed by atoms with van der Waals surface area (Å²) in [6.45, 7) is 2.38. The van der Waals surface area contributed by atoms with Gasteiger partial charge >= 0.3 is 6.18 Å². The molecule has 0 aromatic carbocycles. The molecule has 144 valence electrons. The van der Waals surface area contributed by atoms with Gasteiger partial charge < -0.3 is 9.80 Å². The molecule has 1 fully saturated rings. The summed E-state index contributed by atoms with van der Waals surface area (Å²) in [5.41, 5.74) is 0.508. The van der Waals surface area contributed by atoms with Crippen molar-refractivity contribution in [3.05, 3.63) is 45.8 Å². The van der Waals surface area contributed by atoms with Gasteiger partial charge in [-0.15, -0.1) is 11.3 Å². The highest BCUT2D eigenvalue weighted by atomic mass is 32.1.